The van der Waals surface area contributed by atoms with Gasteiger partial charge in [-0.05, 0) is 42.3 Å². The van der Waals surface area contributed by atoms with Gasteiger partial charge in [-0.1, -0.05) is 45.2 Å². The van der Waals surface area contributed by atoms with Crippen molar-refractivity contribution < 1.29 is 9.90 Å². The minimum absolute atomic E-state index is 0.0801. The second-order valence-corrected chi connectivity index (χ2v) is 6.24. The molecule has 0 saturated heterocycles. The summed E-state index contributed by atoms with van der Waals surface area (Å²) in [7, 11) is 0. The minimum Gasteiger partial charge on any atom is -0.396 e. The maximum atomic E-state index is 12.1. The van der Waals surface area contributed by atoms with Crippen LogP contribution in [0.3, 0.4) is 0 Å². The average Bonchev–Trinajstić information content (AvgIpc) is 2.42. The van der Waals surface area contributed by atoms with Gasteiger partial charge in [0.2, 0.25) is 0 Å². The lowest BCUT2D eigenvalue weighted by atomic mass is 10.1. The number of anilines is 2. The predicted octanol–water partition coefficient (Wildman–Crippen LogP) is 4.93. The molecule has 2 aromatic carbocycles. The van der Waals surface area contributed by atoms with Crippen molar-refractivity contribution in [3.8, 4) is 0 Å². The fourth-order valence-electron chi connectivity index (χ4n) is 1.93. The predicted molar refractivity (Wildman–Crippen MR) is 94.0 cm³/mol. The fraction of sp³-hybridized carbons (Fsp3) is 0.133. The number of amides is 2. The summed E-state index contributed by atoms with van der Waals surface area (Å²) in [4.78, 5) is 12.1. The molecule has 3 N–H and O–H groups in total. The average molecular weight is 404 g/mol. The molecule has 0 atom stereocenters. The number of hydrogen-bond acceptors (Lipinski definition) is 2. The van der Waals surface area contributed by atoms with Crippen LogP contribution in [-0.4, -0.2) is 17.7 Å². The first-order valence-electron chi connectivity index (χ1n) is 6.42. The fourth-order valence-corrected chi connectivity index (χ4v) is 2.92. The third-order valence-corrected chi connectivity index (χ3v) is 3.90. The van der Waals surface area contributed by atoms with Gasteiger partial charge in [0.15, 0.2) is 0 Å². The Labute approximate surface area is 146 Å². The molecule has 7 heteroatoms. The van der Waals surface area contributed by atoms with Crippen molar-refractivity contribution in [1.82, 2.24) is 0 Å². The molecule has 0 aliphatic carbocycles. The molecule has 0 fully saturated rings. The number of rotatable bonds is 4. The van der Waals surface area contributed by atoms with Crippen molar-refractivity contribution in [2.24, 2.45) is 0 Å². The van der Waals surface area contributed by atoms with Gasteiger partial charge < -0.3 is 15.7 Å². The summed E-state index contributed by atoms with van der Waals surface area (Å²) in [5.74, 6) is 0. The summed E-state index contributed by atoms with van der Waals surface area (Å²) in [5, 5.41) is 15.3. The lowest BCUT2D eigenvalue weighted by Crippen LogP contribution is -2.20. The Morgan fingerprint density at radius 3 is 2.64 bits per heavy atom. The molecule has 0 heterocycles. The smallest absolute Gasteiger partial charge is 0.323 e. The van der Waals surface area contributed by atoms with E-state index in [1.165, 1.54) is 0 Å². The standard InChI is InChI=1S/C15H13BrCl2N2O2/c16-9-2-1-3-11(6-9)19-15(22)20-14-8-10(17)7-13(18)12(14)4-5-21/h1-3,6-8,21H,4-5H2,(H2,19,20,22). The van der Waals surface area contributed by atoms with Crippen LogP contribution in [0, 0.1) is 0 Å². The van der Waals surface area contributed by atoms with Crippen LogP contribution in [0.25, 0.3) is 0 Å². The minimum atomic E-state index is -0.421. The Morgan fingerprint density at radius 2 is 1.95 bits per heavy atom. The molecule has 22 heavy (non-hydrogen) atoms. The van der Waals surface area contributed by atoms with Crippen LogP contribution < -0.4 is 10.6 Å². The first-order chi connectivity index (χ1) is 10.5. The number of benzene rings is 2. The number of hydrogen-bond donors (Lipinski definition) is 3. The molecule has 2 rings (SSSR count). The third kappa shape index (κ3) is 4.61. The highest BCUT2D eigenvalue weighted by Gasteiger charge is 2.12. The zero-order valence-electron chi connectivity index (χ0n) is 11.4. The van der Waals surface area contributed by atoms with Crippen LogP contribution in [-0.2, 0) is 6.42 Å². The number of carbonyl (C=O) groups is 1. The van der Waals surface area contributed by atoms with E-state index in [0.717, 1.165) is 4.47 Å². The van der Waals surface area contributed by atoms with Crippen molar-refractivity contribution in [2.45, 2.75) is 6.42 Å². The van der Waals surface area contributed by atoms with E-state index in [-0.39, 0.29) is 6.61 Å². The molecule has 0 aliphatic rings. The Hall–Kier alpha value is -1.27. The normalized spacial score (nSPS) is 10.4. The Bertz CT molecular complexity index is 695. The van der Waals surface area contributed by atoms with E-state index in [2.05, 4.69) is 26.6 Å². The van der Waals surface area contributed by atoms with E-state index in [9.17, 15) is 4.79 Å². The van der Waals surface area contributed by atoms with Crippen molar-refractivity contribution in [2.75, 3.05) is 17.2 Å². The van der Waals surface area contributed by atoms with Crippen molar-refractivity contribution in [1.29, 1.82) is 0 Å². The van der Waals surface area contributed by atoms with Crippen LogP contribution in [0.2, 0.25) is 10.0 Å². The van der Waals surface area contributed by atoms with Crippen LogP contribution in [0.15, 0.2) is 40.9 Å². The van der Waals surface area contributed by atoms with Gasteiger partial charge in [-0.2, -0.15) is 0 Å². The summed E-state index contributed by atoms with van der Waals surface area (Å²) in [6.45, 7) is -0.0801. The van der Waals surface area contributed by atoms with Crippen LogP contribution in [0.4, 0.5) is 16.2 Å². The van der Waals surface area contributed by atoms with Gasteiger partial charge in [0.05, 0.1) is 0 Å². The van der Waals surface area contributed by atoms with E-state index < -0.39 is 6.03 Å². The molecular weight excluding hydrogens is 391 g/mol. The van der Waals surface area contributed by atoms with Crippen LogP contribution >= 0.6 is 39.1 Å². The number of aliphatic hydroxyl groups excluding tert-OH is 1. The molecule has 0 saturated carbocycles. The number of carbonyl (C=O) groups excluding carboxylic acids is 1. The quantitative estimate of drug-likeness (QED) is 0.677. The molecule has 116 valence electrons. The zero-order valence-corrected chi connectivity index (χ0v) is 14.5. The SMILES string of the molecule is O=C(Nc1cccc(Br)c1)Nc1cc(Cl)cc(Cl)c1CCO. The number of nitrogens with one attached hydrogen (secondary N) is 2. The molecule has 2 aromatic rings. The molecule has 0 bridgehead atoms. The number of urea groups is 1. The second-order valence-electron chi connectivity index (χ2n) is 4.48. The molecule has 0 radical (unpaired) electrons. The van der Waals surface area contributed by atoms with Gasteiger partial charge in [0, 0.05) is 32.5 Å². The highest BCUT2D eigenvalue weighted by Crippen LogP contribution is 2.29. The summed E-state index contributed by atoms with van der Waals surface area (Å²) >= 11 is 15.4. The molecule has 0 aliphatic heterocycles. The van der Waals surface area contributed by atoms with Gasteiger partial charge in [0.1, 0.15) is 0 Å². The van der Waals surface area contributed by atoms with E-state index in [0.29, 0.717) is 33.4 Å². The second kappa shape index (κ2) is 7.83. The van der Waals surface area contributed by atoms with Gasteiger partial charge in [0.25, 0.3) is 0 Å². The van der Waals surface area contributed by atoms with Gasteiger partial charge in [-0.3, -0.25) is 0 Å². The molecule has 0 unspecified atom stereocenters. The maximum absolute atomic E-state index is 12.1. The highest BCUT2D eigenvalue weighted by atomic mass is 79.9. The monoisotopic (exact) mass is 402 g/mol. The van der Waals surface area contributed by atoms with Crippen molar-refractivity contribution in [3.05, 3.63) is 56.5 Å². The summed E-state index contributed by atoms with van der Waals surface area (Å²) in [5.41, 5.74) is 1.75. The Kier molecular flexibility index (Phi) is 6.08. The number of halogens is 3. The van der Waals surface area contributed by atoms with Crippen LogP contribution in [0.5, 0.6) is 0 Å². The third-order valence-electron chi connectivity index (χ3n) is 2.85. The summed E-state index contributed by atoms with van der Waals surface area (Å²) in [6, 6.07) is 9.97. The lowest BCUT2D eigenvalue weighted by Gasteiger charge is -2.13. The Balaban J connectivity index is 2.17. The van der Waals surface area contributed by atoms with Crippen molar-refractivity contribution in [3.63, 3.8) is 0 Å². The van der Waals surface area contributed by atoms with E-state index >= 15 is 0 Å². The van der Waals surface area contributed by atoms with E-state index in [1.807, 2.05) is 12.1 Å². The highest BCUT2D eigenvalue weighted by molar-refractivity contribution is 9.10. The summed E-state index contributed by atoms with van der Waals surface area (Å²) < 4.78 is 0.858. The first kappa shape index (κ1) is 17.1. The lowest BCUT2D eigenvalue weighted by molar-refractivity contribution is 0.262. The van der Waals surface area contributed by atoms with Gasteiger partial charge >= 0.3 is 6.03 Å². The molecule has 0 spiro atoms. The van der Waals surface area contributed by atoms with E-state index in [1.54, 1.807) is 24.3 Å². The summed E-state index contributed by atoms with van der Waals surface area (Å²) in [6.07, 6.45) is 0.322. The zero-order chi connectivity index (χ0) is 16.1. The van der Waals surface area contributed by atoms with Crippen molar-refractivity contribution >= 4 is 56.5 Å². The maximum Gasteiger partial charge on any atom is 0.323 e. The van der Waals surface area contributed by atoms with Gasteiger partial charge in [-0.15, -0.1) is 0 Å². The Morgan fingerprint density at radius 1 is 1.18 bits per heavy atom. The molecule has 0 aromatic heterocycles. The molecular formula is C15H13BrCl2N2O2. The van der Waals surface area contributed by atoms with E-state index in [4.69, 9.17) is 28.3 Å². The number of aliphatic hydroxyl groups is 1. The molecule has 2 amide bonds. The topological polar surface area (TPSA) is 61.4 Å². The first-order valence-corrected chi connectivity index (χ1v) is 7.97. The van der Waals surface area contributed by atoms with Crippen LogP contribution in [0.1, 0.15) is 5.56 Å². The van der Waals surface area contributed by atoms with Gasteiger partial charge in [-0.25, -0.2) is 4.79 Å². The molecule has 4 nitrogen and oxygen atoms in total. The largest absolute Gasteiger partial charge is 0.396 e.